The Morgan fingerprint density at radius 1 is 1.10 bits per heavy atom. The molecule has 0 aliphatic carbocycles. The van der Waals surface area contributed by atoms with Crippen LogP contribution in [0.15, 0.2) is 19.4 Å². The van der Waals surface area contributed by atoms with E-state index in [1.165, 1.54) is 38.5 Å². The molecule has 0 spiro atoms. The highest BCUT2D eigenvalue weighted by molar-refractivity contribution is 4.92. The molecule has 0 fully saturated rings. The first-order valence-corrected chi connectivity index (χ1v) is 8.61. The first-order chi connectivity index (χ1) is 10.2. The van der Waals surface area contributed by atoms with Crippen molar-refractivity contribution in [2.45, 2.75) is 86.1 Å². The zero-order chi connectivity index (χ0) is 16.5. The Morgan fingerprint density at radius 2 is 1.76 bits per heavy atom. The molecule has 0 aromatic carbocycles. The molecule has 0 amide bonds. The van der Waals surface area contributed by atoms with Crippen molar-refractivity contribution in [3.8, 4) is 0 Å². The van der Waals surface area contributed by atoms with E-state index in [1.807, 2.05) is 18.5 Å². The maximum absolute atomic E-state index is 4.22. The Bertz CT molecular complexity index is 305. The van der Waals surface area contributed by atoms with Crippen LogP contribution in [-0.2, 0) is 13.0 Å². The fourth-order valence-electron chi connectivity index (χ4n) is 1.96. The average molecular weight is 296 g/mol. The van der Waals surface area contributed by atoms with E-state index >= 15 is 0 Å². The fourth-order valence-corrected chi connectivity index (χ4v) is 1.96. The van der Waals surface area contributed by atoms with Gasteiger partial charge >= 0.3 is 0 Å². The summed E-state index contributed by atoms with van der Waals surface area (Å²) in [7, 11) is 0. The third kappa shape index (κ3) is 13.6. The van der Waals surface area contributed by atoms with E-state index in [4.69, 9.17) is 0 Å². The zero-order valence-electron chi connectivity index (χ0n) is 15.1. The van der Waals surface area contributed by atoms with Crippen molar-refractivity contribution in [2.24, 2.45) is 5.92 Å². The lowest BCUT2D eigenvalue weighted by Crippen LogP contribution is -2.00. The fraction of sp³-hybridized carbons (Fsp3) is 0.778. The molecule has 0 atom stereocenters. The Hall–Kier alpha value is -1.12. The summed E-state index contributed by atoms with van der Waals surface area (Å²) in [5.74, 6) is 0.784. The Balaban J connectivity index is 0. The molecule has 0 saturated heterocycles. The molecule has 1 aromatic heterocycles. The predicted molar refractivity (Wildman–Crippen MR) is 94.5 cm³/mol. The van der Waals surface area contributed by atoms with Gasteiger partial charge in [-0.2, -0.15) is 0 Å². The van der Waals surface area contributed by atoms with Crippen molar-refractivity contribution >= 4 is 0 Å². The van der Waals surface area contributed by atoms with Crippen molar-refractivity contribution in [1.29, 1.82) is 0 Å². The van der Waals surface area contributed by atoms with Crippen molar-refractivity contribution < 1.29 is 0 Å². The summed E-state index contributed by atoms with van der Waals surface area (Å²) < 4.78 is 2.00. The lowest BCUT2D eigenvalue weighted by Gasteiger charge is -2.03. The van der Waals surface area contributed by atoms with Crippen molar-refractivity contribution in [2.75, 3.05) is 0 Å². The van der Waals surface area contributed by atoms with Gasteiger partial charge in [-0.1, -0.05) is 59.1 Å². The van der Waals surface area contributed by atoms with Gasteiger partial charge in [-0.15, -0.1) is 18.3 Å². The van der Waals surface area contributed by atoms with Gasteiger partial charge < -0.3 is 0 Å². The first-order valence-electron chi connectivity index (χ1n) is 8.61. The second-order valence-electron chi connectivity index (χ2n) is 5.32. The lowest BCUT2D eigenvalue weighted by atomic mass is 10.1. The summed E-state index contributed by atoms with van der Waals surface area (Å²) >= 11 is 0. The Morgan fingerprint density at radius 3 is 2.33 bits per heavy atom. The Kier molecular flexibility index (Phi) is 17.9. The van der Waals surface area contributed by atoms with Crippen LogP contribution in [0.25, 0.3) is 0 Å². The lowest BCUT2D eigenvalue weighted by molar-refractivity contribution is 0.482. The molecule has 3 nitrogen and oxygen atoms in total. The average Bonchev–Trinajstić information content (AvgIpc) is 2.95. The molecule has 0 aliphatic rings. The molecular weight excluding hydrogens is 258 g/mol. The van der Waals surface area contributed by atoms with E-state index in [0.29, 0.717) is 0 Å². The van der Waals surface area contributed by atoms with Gasteiger partial charge in [0.1, 0.15) is 0 Å². The smallest absolute Gasteiger partial charge is 0.0827 e. The van der Waals surface area contributed by atoms with E-state index in [2.05, 4.69) is 50.4 Å². The van der Waals surface area contributed by atoms with Crippen molar-refractivity contribution in [1.82, 2.24) is 15.0 Å². The highest BCUT2D eigenvalue weighted by Crippen LogP contribution is 2.07. The second kappa shape index (κ2) is 16.9. The van der Waals surface area contributed by atoms with E-state index in [1.54, 1.807) is 0 Å². The monoisotopic (exact) mass is 295 g/mol. The number of aryl methyl sites for hydroxylation is 2. The minimum Gasteiger partial charge on any atom is -0.252 e. The van der Waals surface area contributed by atoms with Gasteiger partial charge in [-0.05, 0) is 31.6 Å². The molecule has 3 heteroatoms. The topological polar surface area (TPSA) is 30.7 Å². The first kappa shape index (κ1) is 22.2. The zero-order valence-corrected chi connectivity index (χ0v) is 15.1. The Labute approximate surface area is 132 Å². The maximum atomic E-state index is 4.22. The van der Waals surface area contributed by atoms with E-state index < -0.39 is 0 Å². The van der Waals surface area contributed by atoms with E-state index in [0.717, 1.165) is 24.6 Å². The summed E-state index contributed by atoms with van der Waals surface area (Å²) in [5.41, 5.74) is 1.16. The molecule has 0 aliphatic heterocycles. The standard InChI is InChI=1S/C14H27N3.C2H6.C2H4/c1-4-5-6-7-10-14-12-17(16-15-14)11-8-9-13(2)3;2*1-2/h12-13H,4-11H2,1-3H3;1-2H3;1-2H2. The molecule has 124 valence electrons. The third-order valence-electron chi connectivity index (χ3n) is 3.04. The van der Waals surface area contributed by atoms with Crippen LogP contribution in [-0.4, -0.2) is 15.0 Å². The molecule has 1 aromatic rings. The highest BCUT2D eigenvalue weighted by Gasteiger charge is 2.01. The minimum absolute atomic E-state index is 0.784. The SMILES string of the molecule is C=C.CC.CCCCCCc1cn(CCCC(C)C)nn1. The van der Waals surface area contributed by atoms with Crippen LogP contribution in [0.5, 0.6) is 0 Å². The van der Waals surface area contributed by atoms with Crippen LogP contribution in [0.1, 0.15) is 78.8 Å². The number of aromatic nitrogens is 3. The number of hydrogen-bond acceptors (Lipinski definition) is 2. The maximum Gasteiger partial charge on any atom is 0.0827 e. The summed E-state index contributed by atoms with van der Waals surface area (Å²) in [6, 6.07) is 0. The third-order valence-corrected chi connectivity index (χ3v) is 3.04. The molecule has 1 heterocycles. The quantitative estimate of drug-likeness (QED) is 0.434. The summed E-state index contributed by atoms with van der Waals surface area (Å²) in [4.78, 5) is 0. The van der Waals surface area contributed by atoms with Gasteiger partial charge in [0.25, 0.3) is 0 Å². The minimum atomic E-state index is 0.784. The number of hydrogen-bond donors (Lipinski definition) is 0. The number of unbranched alkanes of at least 4 members (excludes halogenated alkanes) is 3. The van der Waals surface area contributed by atoms with Crippen molar-refractivity contribution in [3.63, 3.8) is 0 Å². The van der Waals surface area contributed by atoms with Gasteiger partial charge in [0.15, 0.2) is 0 Å². The summed E-state index contributed by atoms with van der Waals surface area (Å²) in [6.45, 7) is 17.8. The van der Waals surface area contributed by atoms with Gasteiger partial charge in [0.2, 0.25) is 0 Å². The van der Waals surface area contributed by atoms with Gasteiger partial charge in [-0.3, -0.25) is 4.68 Å². The summed E-state index contributed by atoms with van der Waals surface area (Å²) in [5, 5.41) is 8.40. The van der Waals surface area contributed by atoms with Gasteiger partial charge in [-0.25, -0.2) is 0 Å². The van der Waals surface area contributed by atoms with E-state index in [9.17, 15) is 0 Å². The van der Waals surface area contributed by atoms with Gasteiger partial charge in [0, 0.05) is 12.7 Å². The molecule has 0 N–H and O–H groups in total. The van der Waals surface area contributed by atoms with E-state index in [-0.39, 0.29) is 0 Å². The number of rotatable bonds is 9. The molecule has 21 heavy (non-hydrogen) atoms. The molecule has 0 saturated carbocycles. The number of nitrogens with zero attached hydrogens (tertiary/aromatic N) is 3. The van der Waals surface area contributed by atoms with Crippen LogP contribution in [0.2, 0.25) is 0 Å². The second-order valence-corrected chi connectivity index (χ2v) is 5.32. The largest absolute Gasteiger partial charge is 0.252 e. The molecule has 0 bridgehead atoms. The molecular formula is C18H37N3. The summed E-state index contributed by atoms with van der Waals surface area (Å²) in [6.07, 6.45) is 10.9. The van der Waals surface area contributed by atoms with Crippen LogP contribution in [0, 0.1) is 5.92 Å². The van der Waals surface area contributed by atoms with Crippen LogP contribution in [0.3, 0.4) is 0 Å². The molecule has 0 unspecified atom stereocenters. The van der Waals surface area contributed by atoms with Crippen LogP contribution < -0.4 is 0 Å². The highest BCUT2D eigenvalue weighted by atomic mass is 15.4. The normalized spacial score (nSPS) is 9.62. The van der Waals surface area contributed by atoms with Crippen LogP contribution in [0.4, 0.5) is 0 Å². The molecule has 0 radical (unpaired) electrons. The molecule has 1 rings (SSSR count). The van der Waals surface area contributed by atoms with Crippen molar-refractivity contribution in [3.05, 3.63) is 25.0 Å². The van der Waals surface area contributed by atoms with Crippen LogP contribution >= 0.6 is 0 Å². The van der Waals surface area contributed by atoms with Gasteiger partial charge in [0.05, 0.1) is 5.69 Å². The predicted octanol–water partition coefficient (Wildman–Crippen LogP) is 5.67.